The Kier molecular flexibility index (Phi) is 4.01. The lowest BCUT2D eigenvalue weighted by Crippen LogP contribution is -2.56. The van der Waals surface area contributed by atoms with Gasteiger partial charge in [-0.05, 0) is 18.5 Å². The van der Waals surface area contributed by atoms with E-state index >= 15 is 0 Å². The van der Waals surface area contributed by atoms with Crippen LogP contribution < -0.4 is 10.6 Å². The zero-order valence-electron chi connectivity index (χ0n) is 10.4. The van der Waals surface area contributed by atoms with Crippen LogP contribution in [0.2, 0.25) is 0 Å². The van der Waals surface area contributed by atoms with Crippen LogP contribution >= 0.6 is 0 Å². The second-order valence-electron chi connectivity index (χ2n) is 4.50. The van der Waals surface area contributed by atoms with E-state index in [9.17, 15) is 14.7 Å². The summed E-state index contributed by atoms with van der Waals surface area (Å²) in [5.41, 5.74) is -0.403. The molecule has 102 valence electrons. The van der Waals surface area contributed by atoms with Crippen LogP contribution in [0.25, 0.3) is 0 Å². The second kappa shape index (κ2) is 5.71. The smallest absolute Gasteiger partial charge is 0.408 e. The number of ether oxygens (including phenoxy) is 1. The molecule has 19 heavy (non-hydrogen) atoms. The number of rotatable bonds is 4. The van der Waals surface area contributed by atoms with Crippen LogP contribution in [0.3, 0.4) is 0 Å². The maximum atomic E-state index is 11.7. The number of alkyl carbamates (subject to hydrolysis) is 1. The summed E-state index contributed by atoms with van der Waals surface area (Å²) in [6, 6.07) is 9.22. The number of hydrogen-bond donors (Lipinski definition) is 3. The summed E-state index contributed by atoms with van der Waals surface area (Å²) in [5, 5.41) is 14.5. The molecule has 6 nitrogen and oxygen atoms in total. The van der Waals surface area contributed by atoms with Crippen molar-refractivity contribution in [2.45, 2.75) is 18.6 Å². The van der Waals surface area contributed by atoms with Crippen LogP contribution in [0.1, 0.15) is 12.0 Å². The van der Waals surface area contributed by atoms with Crippen molar-refractivity contribution >= 4 is 12.1 Å². The summed E-state index contributed by atoms with van der Waals surface area (Å²) >= 11 is 0. The van der Waals surface area contributed by atoms with Gasteiger partial charge < -0.3 is 20.5 Å². The molecule has 1 saturated heterocycles. The third-order valence-electron chi connectivity index (χ3n) is 3.12. The fraction of sp³-hybridized carbons (Fsp3) is 0.385. The lowest BCUT2D eigenvalue weighted by molar-refractivity contribution is -0.143. The first-order chi connectivity index (χ1) is 9.12. The van der Waals surface area contributed by atoms with Crippen molar-refractivity contribution in [3.8, 4) is 0 Å². The Morgan fingerprint density at radius 2 is 2.11 bits per heavy atom. The van der Waals surface area contributed by atoms with Crippen LogP contribution in [0.15, 0.2) is 30.3 Å². The van der Waals surface area contributed by atoms with Crippen LogP contribution in [-0.2, 0) is 16.1 Å². The van der Waals surface area contributed by atoms with E-state index in [1.807, 2.05) is 30.3 Å². The van der Waals surface area contributed by atoms with Crippen LogP contribution in [-0.4, -0.2) is 35.8 Å². The molecule has 1 aromatic carbocycles. The molecule has 1 heterocycles. The predicted molar refractivity (Wildman–Crippen MR) is 67.6 cm³/mol. The van der Waals surface area contributed by atoms with Crippen molar-refractivity contribution in [3.05, 3.63) is 35.9 Å². The lowest BCUT2D eigenvalue weighted by Gasteiger charge is -2.23. The van der Waals surface area contributed by atoms with Gasteiger partial charge in [0.2, 0.25) is 0 Å². The molecular formula is C13H16N2O4. The van der Waals surface area contributed by atoms with E-state index < -0.39 is 17.6 Å². The highest BCUT2D eigenvalue weighted by Crippen LogP contribution is 2.15. The Hall–Kier alpha value is -2.08. The number of nitrogens with one attached hydrogen (secondary N) is 2. The molecule has 2 rings (SSSR count). The lowest BCUT2D eigenvalue weighted by atomic mass is 9.99. The number of carboxylic acid groups (broad SMARTS) is 1. The van der Waals surface area contributed by atoms with Crippen LogP contribution in [0, 0.1) is 0 Å². The summed E-state index contributed by atoms with van der Waals surface area (Å²) in [5.74, 6) is -1.05. The van der Waals surface area contributed by atoms with E-state index in [-0.39, 0.29) is 13.2 Å². The molecule has 0 bridgehead atoms. The molecule has 1 aliphatic heterocycles. The van der Waals surface area contributed by atoms with Crippen molar-refractivity contribution in [1.29, 1.82) is 0 Å². The standard InChI is InChI=1S/C13H16N2O4/c16-11(17)13(6-7-14-9-13)15-12(18)19-8-10-4-2-1-3-5-10/h1-5,14H,6-9H2,(H,15,18)(H,16,17). The minimum atomic E-state index is -1.26. The Bertz CT molecular complexity index is 455. The number of amides is 1. The molecule has 1 aliphatic rings. The highest BCUT2D eigenvalue weighted by molar-refractivity contribution is 5.85. The van der Waals surface area contributed by atoms with Crippen molar-refractivity contribution in [2.24, 2.45) is 0 Å². The van der Waals surface area contributed by atoms with Gasteiger partial charge in [-0.3, -0.25) is 0 Å². The van der Waals surface area contributed by atoms with Gasteiger partial charge in [0.15, 0.2) is 5.54 Å². The molecule has 1 amide bonds. The number of carboxylic acids is 1. The molecule has 6 heteroatoms. The number of benzene rings is 1. The zero-order valence-corrected chi connectivity index (χ0v) is 10.4. The second-order valence-corrected chi connectivity index (χ2v) is 4.50. The van der Waals surface area contributed by atoms with Gasteiger partial charge >= 0.3 is 12.1 Å². The fourth-order valence-corrected chi connectivity index (χ4v) is 1.99. The SMILES string of the molecule is O=C(NC1(C(=O)O)CCNC1)OCc1ccccc1. The van der Waals surface area contributed by atoms with Gasteiger partial charge in [-0.2, -0.15) is 0 Å². The van der Waals surface area contributed by atoms with Gasteiger partial charge in [-0.25, -0.2) is 9.59 Å². The number of carbonyl (C=O) groups excluding carboxylic acids is 1. The average Bonchev–Trinajstić information content (AvgIpc) is 2.87. The average molecular weight is 264 g/mol. The topological polar surface area (TPSA) is 87.7 Å². The van der Waals surface area contributed by atoms with Crippen molar-refractivity contribution in [1.82, 2.24) is 10.6 Å². The molecule has 0 spiro atoms. The summed E-state index contributed by atoms with van der Waals surface area (Å²) in [7, 11) is 0. The van der Waals surface area contributed by atoms with E-state index in [4.69, 9.17) is 4.74 Å². The predicted octanol–water partition coefficient (Wildman–Crippen LogP) is 0.729. The Balaban J connectivity index is 1.88. The Labute approximate surface area is 110 Å². The minimum Gasteiger partial charge on any atom is -0.479 e. The van der Waals surface area contributed by atoms with Crippen molar-refractivity contribution in [2.75, 3.05) is 13.1 Å². The van der Waals surface area contributed by atoms with Crippen molar-refractivity contribution in [3.63, 3.8) is 0 Å². The third-order valence-corrected chi connectivity index (χ3v) is 3.12. The normalized spacial score (nSPS) is 21.9. The van der Waals surface area contributed by atoms with Crippen LogP contribution in [0.4, 0.5) is 4.79 Å². The molecule has 1 aromatic rings. The monoisotopic (exact) mass is 264 g/mol. The van der Waals surface area contributed by atoms with E-state index in [1.54, 1.807) is 0 Å². The Morgan fingerprint density at radius 3 is 2.68 bits per heavy atom. The molecule has 1 fully saturated rings. The number of carbonyl (C=O) groups is 2. The molecule has 1 unspecified atom stereocenters. The first-order valence-electron chi connectivity index (χ1n) is 6.05. The van der Waals surface area contributed by atoms with Gasteiger partial charge in [0.1, 0.15) is 6.61 Å². The van der Waals surface area contributed by atoms with E-state index in [1.165, 1.54) is 0 Å². The molecular weight excluding hydrogens is 248 g/mol. The highest BCUT2D eigenvalue weighted by Gasteiger charge is 2.43. The summed E-state index contributed by atoms with van der Waals surface area (Å²) in [6.07, 6.45) is -0.363. The fourth-order valence-electron chi connectivity index (χ4n) is 1.99. The number of aliphatic carboxylic acids is 1. The molecule has 3 N–H and O–H groups in total. The molecule has 0 saturated carbocycles. The molecule has 0 radical (unpaired) electrons. The van der Waals surface area contributed by atoms with Gasteiger partial charge in [-0.15, -0.1) is 0 Å². The molecule has 1 atom stereocenters. The van der Waals surface area contributed by atoms with Crippen molar-refractivity contribution < 1.29 is 19.4 Å². The maximum absolute atomic E-state index is 11.7. The highest BCUT2D eigenvalue weighted by atomic mass is 16.5. The third kappa shape index (κ3) is 3.23. The van der Waals surface area contributed by atoms with Gasteiger partial charge in [-0.1, -0.05) is 30.3 Å². The molecule has 0 aromatic heterocycles. The Morgan fingerprint density at radius 1 is 1.37 bits per heavy atom. The zero-order chi connectivity index (χ0) is 13.7. The summed E-state index contributed by atoms with van der Waals surface area (Å²) in [4.78, 5) is 22.9. The quantitative estimate of drug-likeness (QED) is 0.746. The van der Waals surface area contributed by atoms with E-state index in [0.29, 0.717) is 13.0 Å². The van der Waals surface area contributed by atoms with Gasteiger partial charge in [0, 0.05) is 6.54 Å². The van der Waals surface area contributed by atoms with Crippen LogP contribution in [0.5, 0.6) is 0 Å². The first-order valence-corrected chi connectivity index (χ1v) is 6.05. The van der Waals surface area contributed by atoms with E-state index in [0.717, 1.165) is 5.56 Å². The molecule has 0 aliphatic carbocycles. The number of hydrogen-bond acceptors (Lipinski definition) is 4. The van der Waals surface area contributed by atoms with E-state index in [2.05, 4.69) is 10.6 Å². The van der Waals surface area contributed by atoms with Gasteiger partial charge in [0.25, 0.3) is 0 Å². The largest absolute Gasteiger partial charge is 0.479 e. The summed E-state index contributed by atoms with van der Waals surface area (Å²) < 4.78 is 5.02. The first kappa shape index (κ1) is 13.4. The minimum absolute atomic E-state index is 0.121. The maximum Gasteiger partial charge on any atom is 0.408 e. The van der Waals surface area contributed by atoms with Gasteiger partial charge in [0.05, 0.1) is 0 Å². The summed E-state index contributed by atoms with van der Waals surface area (Å²) in [6.45, 7) is 0.893.